The first-order chi connectivity index (χ1) is 12.2. The van der Waals surface area contributed by atoms with Gasteiger partial charge in [0.1, 0.15) is 5.82 Å². The lowest BCUT2D eigenvalue weighted by atomic mass is 9.79. The van der Waals surface area contributed by atoms with Crippen LogP contribution < -0.4 is 10.9 Å². The van der Waals surface area contributed by atoms with Gasteiger partial charge in [0, 0.05) is 28.3 Å². The first-order valence-electron chi connectivity index (χ1n) is 8.52. The minimum atomic E-state index is -0.305. The van der Waals surface area contributed by atoms with Crippen molar-refractivity contribution in [2.45, 2.75) is 43.7 Å². The molecule has 0 fully saturated rings. The molecule has 1 aliphatic carbocycles. The maximum Gasteiger partial charge on any atom is 0.257 e. The molecule has 3 heterocycles. The van der Waals surface area contributed by atoms with Gasteiger partial charge >= 0.3 is 0 Å². The summed E-state index contributed by atoms with van der Waals surface area (Å²) in [4.78, 5) is 34.1. The van der Waals surface area contributed by atoms with Crippen molar-refractivity contribution >= 4 is 34.7 Å². The number of fused-ring (bicyclic) bond motifs is 1. The number of hydrogen-bond acceptors (Lipinski definition) is 6. The Morgan fingerprint density at radius 3 is 3.00 bits per heavy atom. The van der Waals surface area contributed by atoms with Crippen LogP contribution in [-0.2, 0) is 4.79 Å². The van der Waals surface area contributed by atoms with Crippen LogP contribution in [-0.4, -0.2) is 21.5 Å². The fourth-order valence-electron chi connectivity index (χ4n) is 3.45. The third kappa shape index (κ3) is 2.95. The van der Waals surface area contributed by atoms with Gasteiger partial charge in [-0.3, -0.25) is 9.59 Å². The standard InChI is InChI=1S/C18H19N3O2S2/c1-2-8-25-18-20-16-15(17(23)21-18)14(12-7-4-9-24-12)13-10(19-16)5-3-6-11(13)22/h4,7,9,14H,2-3,5-6,8H2,1H3,(H2,19,20,21,23)/t14-/m1/s1. The SMILES string of the molecule is CCCSc1nc2c(c(=O)[nH]1)[C@H](c1cccs1)C1=C(CCCC1=O)N2. The molecular weight excluding hydrogens is 354 g/mol. The summed E-state index contributed by atoms with van der Waals surface area (Å²) in [5.74, 6) is 1.35. The fourth-order valence-corrected chi connectivity index (χ4v) is 5.01. The number of aromatic nitrogens is 2. The molecule has 1 atom stereocenters. The van der Waals surface area contributed by atoms with Crippen LogP contribution in [0.2, 0.25) is 0 Å². The molecule has 2 aliphatic rings. The Balaban J connectivity index is 1.88. The molecule has 2 aromatic rings. The zero-order valence-electron chi connectivity index (χ0n) is 13.9. The van der Waals surface area contributed by atoms with Crippen LogP contribution in [0.3, 0.4) is 0 Å². The fraction of sp³-hybridized carbons (Fsp3) is 0.389. The van der Waals surface area contributed by atoms with E-state index in [-0.39, 0.29) is 17.3 Å². The number of nitrogens with one attached hydrogen (secondary N) is 2. The van der Waals surface area contributed by atoms with Gasteiger partial charge in [-0.2, -0.15) is 0 Å². The second-order valence-corrected chi connectivity index (χ2v) is 8.29. The molecule has 0 saturated carbocycles. The Hall–Kier alpha value is -1.86. The highest BCUT2D eigenvalue weighted by Gasteiger charge is 2.38. The summed E-state index contributed by atoms with van der Waals surface area (Å²) in [6.45, 7) is 2.10. The highest BCUT2D eigenvalue weighted by molar-refractivity contribution is 7.99. The van der Waals surface area contributed by atoms with Gasteiger partial charge in [0.15, 0.2) is 10.9 Å². The molecule has 0 unspecified atom stereocenters. The summed E-state index contributed by atoms with van der Waals surface area (Å²) in [5, 5.41) is 5.92. The van der Waals surface area contributed by atoms with Crippen LogP contribution in [0.5, 0.6) is 0 Å². The smallest absolute Gasteiger partial charge is 0.257 e. The quantitative estimate of drug-likeness (QED) is 0.628. The molecule has 0 saturated heterocycles. The monoisotopic (exact) mass is 373 g/mol. The Morgan fingerprint density at radius 2 is 2.24 bits per heavy atom. The van der Waals surface area contributed by atoms with Crippen molar-refractivity contribution < 1.29 is 4.79 Å². The molecule has 0 bridgehead atoms. The highest BCUT2D eigenvalue weighted by atomic mass is 32.2. The number of Topliss-reactive ketones (excluding diaryl/α,β-unsaturated/α-hetero) is 1. The van der Waals surface area contributed by atoms with Crippen molar-refractivity contribution in [1.29, 1.82) is 0 Å². The molecule has 0 radical (unpaired) electrons. The second-order valence-electron chi connectivity index (χ2n) is 6.22. The van der Waals surface area contributed by atoms with E-state index in [0.29, 0.717) is 23.0 Å². The number of thiophene rings is 1. The summed E-state index contributed by atoms with van der Waals surface area (Å²) in [6, 6.07) is 3.96. The topological polar surface area (TPSA) is 74.8 Å². The number of H-pyrrole nitrogens is 1. The van der Waals surface area contributed by atoms with Crippen LogP contribution in [0.25, 0.3) is 0 Å². The van der Waals surface area contributed by atoms with Gasteiger partial charge in [0.25, 0.3) is 5.56 Å². The largest absolute Gasteiger partial charge is 0.343 e. The van der Waals surface area contributed by atoms with Crippen molar-refractivity contribution in [2.24, 2.45) is 0 Å². The third-order valence-electron chi connectivity index (χ3n) is 4.51. The number of ketones is 1. The average molecular weight is 374 g/mol. The Labute approximate surface area is 154 Å². The van der Waals surface area contributed by atoms with Crippen LogP contribution in [0.1, 0.15) is 49.0 Å². The minimum absolute atomic E-state index is 0.140. The molecule has 2 N–H and O–H groups in total. The molecule has 130 valence electrons. The first kappa shape index (κ1) is 16.6. The molecule has 4 rings (SSSR count). The summed E-state index contributed by atoms with van der Waals surface area (Å²) in [5.41, 5.74) is 2.10. The Kier molecular flexibility index (Phi) is 4.52. The molecule has 5 nitrogen and oxygen atoms in total. The van der Waals surface area contributed by atoms with Gasteiger partial charge in [-0.05, 0) is 30.7 Å². The predicted octanol–water partition coefficient (Wildman–Crippen LogP) is 3.90. The Bertz CT molecular complexity index is 900. The maximum atomic E-state index is 12.9. The van der Waals surface area contributed by atoms with E-state index in [0.717, 1.165) is 41.2 Å². The number of carbonyl (C=O) groups is 1. The van der Waals surface area contributed by atoms with Gasteiger partial charge in [0.05, 0.1) is 11.5 Å². The zero-order valence-corrected chi connectivity index (χ0v) is 15.6. The van der Waals surface area contributed by atoms with Crippen LogP contribution >= 0.6 is 23.1 Å². The minimum Gasteiger partial charge on any atom is -0.343 e. The molecule has 0 spiro atoms. The van der Waals surface area contributed by atoms with E-state index in [1.807, 2.05) is 17.5 Å². The van der Waals surface area contributed by atoms with E-state index < -0.39 is 0 Å². The summed E-state index contributed by atoms with van der Waals surface area (Å²) in [6.07, 6.45) is 3.24. The average Bonchev–Trinajstić information content (AvgIpc) is 3.12. The molecule has 25 heavy (non-hydrogen) atoms. The van der Waals surface area contributed by atoms with E-state index >= 15 is 0 Å². The number of anilines is 1. The number of hydrogen-bond donors (Lipinski definition) is 2. The lowest BCUT2D eigenvalue weighted by Crippen LogP contribution is -2.32. The maximum absolute atomic E-state index is 12.9. The molecule has 0 amide bonds. The van der Waals surface area contributed by atoms with Crippen LogP contribution in [0.15, 0.2) is 38.7 Å². The van der Waals surface area contributed by atoms with Gasteiger partial charge in [-0.25, -0.2) is 4.98 Å². The van der Waals surface area contributed by atoms with E-state index in [9.17, 15) is 9.59 Å². The third-order valence-corrected chi connectivity index (χ3v) is 6.52. The van der Waals surface area contributed by atoms with E-state index in [2.05, 4.69) is 22.2 Å². The lowest BCUT2D eigenvalue weighted by molar-refractivity contribution is -0.116. The van der Waals surface area contributed by atoms with Crippen molar-refractivity contribution in [3.05, 3.63) is 49.6 Å². The van der Waals surface area contributed by atoms with Gasteiger partial charge < -0.3 is 10.3 Å². The predicted molar refractivity (Wildman–Crippen MR) is 102 cm³/mol. The van der Waals surface area contributed by atoms with Gasteiger partial charge in [-0.1, -0.05) is 24.8 Å². The molecule has 0 aromatic carbocycles. The van der Waals surface area contributed by atoms with E-state index in [1.165, 1.54) is 0 Å². The number of carbonyl (C=O) groups excluding carboxylic acids is 1. The number of thioether (sulfide) groups is 1. The zero-order chi connectivity index (χ0) is 17.4. The highest BCUT2D eigenvalue weighted by Crippen LogP contribution is 2.44. The van der Waals surface area contributed by atoms with Crippen molar-refractivity contribution in [2.75, 3.05) is 11.1 Å². The van der Waals surface area contributed by atoms with Crippen LogP contribution in [0.4, 0.5) is 5.82 Å². The van der Waals surface area contributed by atoms with Crippen molar-refractivity contribution in [1.82, 2.24) is 9.97 Å². The number of aromatic amines is 1. The Morgan fingerprint density at radius 1 is 1.36 bits per heavy atom. The lowest BCUT2D eigenvalue weighted by Gasteiger charge is -2.32. The molecule has 2 aromatic heterocycles. The second kappa shape index (κ2) is 6.80. The van der Waals surface area contributed by atoms with Crippen molar-refractivity contribution in [3.8, 4) is 0 Å². The first-order valence-corrected chi connectivity index (χ1v) is 10.4. The van der Waals surface area contributed by atoms with Crippen molar-refractivity contribution in [3.63, 3.8) is 0 Å². The molecule has 7 heteroatoms. The van der Waals surface area contributed by atoms with Crippen LogP contribution in [0, 0.1) is 0 Å². The number of allylic oxidation sites excluding steroid dienone is 2. The molecule has 1 aliphatic heterocycles. The number of nitrogens with zero attached hydrogens (tertiary/aromatic N) is 1. The number of rotatable bonds is 4. The molecular formula is C18H19N3O2S2. The normalized spacial score (nSPS) is 19.4. The van der Waals surface area contributed by atoms with Gasteiger partial charge in [0.2, 0.25) is 0 Å². The summed E-state index contributed by atoms with van der Waals surface area (Å²) < 4.78 is 0. The van der Waals surface area contributed by atoms with Gasteiger partial charge in [-0.15, -0.1) is 11.3 Å². The summed E-state index contributed by atoms with van der Waals surface area (Å²) in [7, 11) is 0. The van der Waals surface area contributed by atoms with E-state index in [1.54, 1.807) is 23.1 Å². The summed E-state index contributed by atoms with van der Waals surface area (Å²) >= 11 is 3.13. The van der Waals surface area contributed by atoms with E-state index in [4.69, 9.17) is 0 Å².